The quantitative estimate of drug-likeness (QED) is 0.149. The van der Waals surface area contributed by atoms with E-state index in [1.54, 1.807) is 26.0 Å². The number of hydrogen-bond acceptors (Lipinski definition) is 5. The molecule has 1 amide bonds. The molecule has 0 saturated heterocycles. The molecule has 0 bridgehead atoms. The van der Waals surface area contributed by atoms with E-state index in [4.69, 9.17) is 0 Å². The van der Waals surface area contributed by atoms with Gasteiger partial charge in [-0.2, -0.15) is 0 Å². The molecule has 0 fully saturated rings. The molecule has 0 radical (unpaired) electrons. The Kier molecular flexibility index (Phi) is 16.2. The van der Waals surface area contributed by atoms with Crippen molar-refractivity contribution >= 4 is 17.3 Å². The number of aliphatic hydroxyl groups excluding tert-OH is 1. The van der Waals surface area contributed by atoms with Gasteiger partial charge in [-0.25, -0.2) is 0 Å². The Bertz CT molecular complexity index is 684. The van der Waals surface area contributed by atoms with Gasteiger partial charge in [0.15, 0.2) is 4.91 Å². The molecule has 0 aliphatic heterocycles. The van der Waals surface area contributed by atoms with Crippen molar-refractivity contribution in [2.45, 2.75) is 99.1 Å². The predicted octanol–water partition coefficient (Wildman–Crippen LogP) is 4.73. The molecule has 0 aromatic heterocycles. The van der Waals surface area contributed by atoms with Crippen LogP contribution in [0.4, 0.5) is 0 Å². The first kappa shape index (κ1) is 30.5. The molecule has 3 unspecified atom stereocenters. The number of unbranched alkanes of at least 4 members (excludes halogenated alkanes) is 1. The van der Waals surface area contributed by atoms with Gasteiger partial charge in [0, 0.05) is 24.7 Å². The zero-order valence-electron chi connectivity index (χ0n) is 21.1. The molecule has 0 aliphatic rings. The zero-order chi connectivity index (χ0) is 24.7. The summed E-state index contributed by atoms with van der Waals surface area (Å²) in [7, 11) is 0. The summed E-state index contributed by atoms with van der Waals surface area (Å²) < 4.78 is 16.3. The highest BCUT2D eigenvalue weighted by Gasteiger charge is 2.22. The normalized spacial score (nSPS) is 16.2. The summed E-state index contributed by atoms with van der Waals surface area (Å²) in [6.07, 6.45) is 8.81. The smallest absolute Gasteiger partial charge is 0.271 e. The predicted molar refractivity (Wildman–Crippen MR) is 137 cm³/mol. The third-order valence-electron chi connectivity index (χ3n) is 5.08. The summed E-state index contributed by atoms with van der Waals surface area (Å²) in [4.78, 5) is 13.5. The molecule has 4 N–H and O–H groups in total. The van der Waals surface area contributed by atoms with Crippen LogP contribution in [0.3, 0.4) is 0 Å². The highest BCUT2D eigenvalue weighted by atomic mass is 32.2. The number of allylic oxidation sites excluding steroid dienone is 5. The van der Waals surface area contributed by atoms with Gasteiger partial charge < -0.3 is 20.3 Å². The summed E-state index contributed by atoms with van der Waals surface area (Å²) in [5.41, 5.74) is 2.53. The van der Waals surface area contributed by atoms with Crippen molar-refractivity contribution < 1.29 is 14.5 Å². The average Bonchev–Trinajstić information content (AvgIpc) is 2.72. The Morgan fingerprint density at radius 1 is 1.12 bits per heavy atom. The molecule has 6 nitrogen and oxygen atoms in total. The Morgan fingerprint density at radius 2 is 1.78 bits per heavy atom. The Hall–Kier alpha value is -1.54. The van der Waals surface area contributed by atoms with Crippen molar-refractivity contribution in [2.24, 2.45) is 0 Å². The molecule has 0 saturated carbocycles. The van der Waals surface area contributed by atoms with Crippen molar-refractivity contribution in [1.29, 1.82) is 0 Å². The topological polar surface area (TPSA) is 96.5 Å². The molecule has 0 aromatic carbocycles. The van der Waals surface area contributed by atoms with E-state index in [9.17, 15) is 14.5 Å². The minimum Gasteiger partial charge on any atom is -0.593 e. The molecular weight excluding hydrogens is 422 g/mol. The molecule has 0 spiro atoms. The van der Waals surface area contributed by atoms with E-state index in [1.807, 2.05) is 20.8 Å². The minimum atomic E-state index is -1.35. The van der Waals surface area contributed by atoms with E-state index in [0.29, 0.717) is 29.3 Å². The lowest BCUT2D eigenvalue weighted by Crippen LogP contribution is -2.36. The first-order valence-electron chi connectivity index (χ1n) is 11.7. The third kappa shape index (κ3) is 12.5. The van der Waals surface area contributed by atoms with Gasteiger partial charge in [0.1, 0.15) is 0 Å². The van der Waals surface area contributed by atoms with E-state index < -0.39 is 17.5 Å². The van der Waals surface area contributed by atoms with Gasteiger partial charge in [-0.3, -0.25) is 4.79 Å². The fourth-order valence-corrected chi connectivity index (χ4v) is 4.14. The number of hydrogen-bond donors (Lipinski definition) is 4. The lowest BCUT2D eigenvalue weighted by atomic mass is 10.1. The summed E-state index contributed by atoms with van der Waals surface area (Å²) >= 11 is -1.35. The number of aliphatic hydroxyl groups is 1. The van der Waals surface area contributed by atoms with Crippen LogP contribution >= 0.6 is 0 Å². The number of amides is 1. The van der Waals surface area contributed by atoms with E-state index in [-0.39, 0.29) is 11.9 Å². The van der Waals surface area contributed by atoms with Crippen LogP contribution < -0.4 is 15.4 Å². The van der Waals surface area contributed by atoms with Crippen LogP contribution in [0, 0.1) is 0 Å². The fraction of sp³-hybridized carbons (Fsp3) is 0.640. The van der Waals surface area contributed by atoms with Crippen molar-refractivity contribution in [2.75, 3.05) is 6.54 Å². The zero-order valence-corrected chi connectivity index (χ0v) is 22.0. The Labute approximate surface area is 199 Å². The van der Waals surface area contributed by atoms with Crippen molar-refractivity contribution in [3.8, 4) is 0 Å². The SMILES string of the molecule is C=C(C)/C=C(NC(=O)/C(=C\C)NCCC(C)O)\C(C)=C(/C)[S+]([O-])NC(CCC)CCCC. The van der Waals surface area contributed by atoms with Crippen molar-refractivity contribution in [3.63, 3.8) is 0 Å². The van der Waals surface area contributed by atoms with Crippen molar-refractivity contribution in [3.05, 3.63) is 46.2 Å². The van der Waals surface area contributed by atoms with Crippen LogP contribution in [-0.2, 0) is 16.2 Å². The minimum absolute atomic E-state index is 0.208. The Balaban J connectivity index is 5.52. The summed E-state index contributed by atoms with van der Waals surface area (Å²) in [6, 6.07) is 0.208. The standard InChI is InChI=1S/C25H45N3O3S/c1-9-12-14-22(13-10-2)28-32(31)21(8)20(7)24(17-18(4)5)27-25(30)23(11-3)26-16-15-19(6)29/h11,17,19,22,26,28-29H,4,9-10,12-16H2,1-3,5-8H3,(H,27,30)/b21-20+,23-11+,24-17+. The van der Waals surface area contributed by atoms with Gasteiger partial charge in [0.05, 0.1) is 29.2 Å². The fourth-order valence-electron chi connectivity index (χ4n) is 3.03. The van der Waals surface area contributed by atoms with E-state index in [0.717, 1.165) is 43.3 Å². The molecule has 3 atom stereocenters. The van der Waals surface area contributed by atoms with Crippen LogP contribution in [0.2, 0.25) is 0 Å². The third-order valence-corrected chi connectivity index (χ3v) is 6.49. The number of carbonyl (C=O) groups is 1. The van der Waals surface area contributed by atoms with Gasteiger partial charge in [0.25, 0.3) is 5.91 Å². The molecule has 184 valence electrons. The number of nitrogens with one attached hydrogen (secondary N) is 3. The van der Waals surface area contributed by atoms with Gasteiger partial charge in [-0.05, 0) is 53.0 Å². The maximum absolute atomic E-state index is 13.0. The van der Waals surface area contributed by atoms with Gasteiger partial charge in [-0.15, -0.1) is 4.72 Å². The number of carbonyl (C=O) groups excluding carboxylic acids is 1. The maximum Gasteiger partial charge on any atom is 0.271 e. The van der Waals surface area contributed by atoms with Crippen LogP contribution in [0.1, 0.15) is 87.0 Å². The van der Waals surface area contributed by atoms with Gasteiger partial charge in [-0.1, -0.05) is 51.3 Å². The summed E-state index contributed by atoms with van der Waals surface area (Å²) in [5, 5.41) is 15.4. The molecule has 7 heteroatoms. The maximum atomic E-state index is 13.0. The first-order valence-corrected chi connectivity index (χ1v) is 12.8. The first-order chi connectivity index (χ1) is 15.1. The van der Waals surface area contributed by atoms with E-state index in [1.165, 1.54) is 0 Å². The second kappa shape index (κ2) is 17.0. The monoisotopic (exact) mass is 467 g/mol. The second-order valence-corrected chi connectivity index (χ2v) is 9.71. The molecule has 0 aromatic rings. The van der Waals surface area contributed by atoms with Gasteiger partial charge in [0.2, 0.25) is 0 Å². The summed E-state index contributed by atoms with van der Waals surface area (Å²) in [6.45, 7) is 17.7. The molecule has 0 heterocycles. The second-order valence-electron chi connectivity index (χ2n) is 8.32. The van der Waals surface area contributed by atoms with Crippen LogP contribution in [0.25, 0.3) is 0 Å². The van der Waals surface area contributed by atoms with E-state index >= 15 is 0 Å². The average molecular weight is 468 g/mol. The highest BCUT2D eigenvalue weighted by Crippen LogP contribution is 2.20. The Morgan fingerprint density at radius 3 is 2.28 bits per heavy atom. The summed E-state index contributed by atoms with van der Waals surface area (Å²) in [5.74, 6) is -0.289. The number of rotatable bonds is 16. The lowest BCUT2D eigenvalue weighted by Gasteiger charge is -2.22. The lowest BCUT2D eigenvalue weighted by molar-refractivity contribution is -0.117. The van der Waals surface area contributed by atoms with Crippen LogP contribution in [-0.4, -0.2) is 34.3 Å². The molecule has 0 aliphatic carbocycles. The van der Waals surface area contributed by atoms with Gasteiger partial charge >= 0.3 is 0 Å². The molecular formula is C25H45N3O3S. The van der Waals surface area contributed by atoms with Crippen LogP contribution in [0.15, 0.2) is 46.2 Å². The largest absolute Gasteiger partial charge is 0.593 e. The van der Waals surface area contributed by atoms with Crippen LogP contribution in [0.5, 0.6) is 0 Å². The highest BCUT2D eigenvalue weighted by molar-refractivity contribution is 7.93. The van der Waals surface area contributed by atoms with E-state index in [2.05, 4.69) is 35.8 Å². The van der Waals surface area contributed by atoms with Crippen molar-refractivity contribution in [1.82, 2.24) is 15.4 Å². The molecule has 32 heavy (non-hydrogen) atoms. The molecule has 0 rings (SSSR count).